The van der Waals surface area contributed by atoms with Crippen LogP contribution >= 0.6 is 0 Å². The minimum atomic E-state index is -0.268. The van der Waals surface area contributed by atoms with Gasteiger partial charge >= 0.3 is 5.63 Å². The Labute approximate surface area is 141 Å². The number of rotatable bonds is 5. The molecule has 0 aliphatic carbocycles. The molecule has 2 aromatic carbocycles. The summed E-state index contributed by atoms with van der Waals surface area (Å²) < 4.78 is 11.5. The summed E-state index contributed by atoms with van der Waals surface area (Å²) in [5.74, 6) is 0.794. The third kappa shape index (κ3) is 3.21. The van der Waals surface area contributed by atoms with Crippen LogP contribution in [-0.4, -0.2) is 6.61 Å². The van der Waals surface area contributed by atoms with Crippen LogP contribution in [0.15, 0.2) is 51.7 Å². The Morgan fingerprint density at radius 3 is 2.54 bits per heavy atom. The van der Waals surface area contributed by atoms with E-state index in [1.807, 2.05) is 56.3 Å². The molecule has 0 unspecified atom stereocenters. The molecule has 0 radical (unpaired) electrons. The van der Waals surface area contributed by atoms with Crippen molar-refractivity contribution in [1.29, 1.82) is 0 Å². The van der Waals surface area contributed by atoms with Crippen molar-refractivity contribution in [2.24, 2.45) is 0 Å². The lowest BCUT2D eigenvalue weighted by atomic mass is 9.98. The molecular formula is C21H22O3. The largest absolute Gasteiger partial charge is 0.493 e. The van der Waals surface area contributed by atoms with Gasteiger partial charge in [0.1, 0.15) is 11.3 Å². The fraction of sp³-hybridized carbons (Fsp3) is 0.286. The Kier molecular flexibility index (Phi) is 4.70. The summed E-state index contributed by atoms with van der Waals surface area (Å²) in [4.78, 5) is 12.5. The Morgan fingerprint density at radius 1 is 1.08 bits per heavy atom. The van der Waals surface area contributed by atoms with Crippen LogP contribution in [0.1, 0.15) is 35.6 Å². The van der Waals surface area contributed by atoms with Crippen molar-refractivity contribution in [3.63, 3.8) is 0 Å². The van der Waals surface area contributed by atoms with E-state index in [4.69, 9.17) is 9.15 Å². The van der Waals surface area contributed by atoms with Gasteiger partial charge in [0.2, 0.25) is 0 Å². The highest BCUT2D eigenvalue weighted by molar-refractivity contribution is 5.88. The predicted octanol–water partition coefficient (Wildman–Crippen LogP) is 4.79. The number of aryl methyl sites for hydroxylation is 2. The highest BCUT2D eigenvalue weighted by Gasteiger charge is 2.16. The molecule has 0 spiro atoms. The zero-order valence-corrected chi connectivity index (χ0v) is 14.4. The molecule has 0 bridgehead atoms. The van der Waals surface area contributed by atoms with E-state index in [0.29, 0.717) is 24.2 Å². The van der Waals surface area contributed by atoms with Crippen LogP contribution in [0.4, 0.5) is 0 Å². The van der Waals surface area contributed by atoms with Crippen LogP contribution in [0, 0.1) is 13.8 Å². The molecular weight excluding hydrogens is 300 g/mol. The van der Waals surface area contributed by atoms with Gasteiger partial charge < -0.3 is 9.15 Å². The molecule has 1 heterocycles. The summed E-state index contributed by atoms with van der Waals surface area (Å²) in [6, 6.07) is 13.9. The van der Waals surface area contributed by atoms with Crippen LogP contribution in [-0.2, 0) is 6.42 Å². The molecule has 3 heteroatoms. The van der Waals surface area contributed by atoms with Crippen molar-refractivity contribution in [3.8, 4) is 5.75 Å². The van der Waals surface area contributed by atoms with Gasteiger partial charge in [-0.1, -0.05) is 37.3 Å². The topological polar surface area (TPSA) is 39.4 Å². The summed E-state index contributed by atoms with van der Waals surface area (Å²) in [6.45, 7) is 6.67. The molecule has 0 aliphatic heterocycles. The SMILES string of the molecule is CCCOc1cc(C)cc2oc(=O)c(Cc3ccccc3)c(C)c12. The fourth-order valence-corrected chi connectivity index (χ4v) is 2.97. The molecule has 0 saturated carbocycles. The Hall–Kier alpha value is -2.55. The van der Waals surface area contributed by atoms with Gasteiger partial charge in [-0.3, -0.25) is 0 Å². The maximum absolute atomic E-state index is 12.5. The van der Waals surface area contributed by atoms with Crippen molar-refractivity contribution < 1.29 is 9.15 Å². The minimum absolute atomic E-state index is 0.268. The lowest BCUT2D eigenvalue weighted by Gasteiger charge is -2.13. The maximum atomic E-state index is 12.5. The van der Waals surface area contributed by atoms with E-state index in [1.54, 1.807) is 0 Å². The molecule has 0 saturated heterocycles. The first kappa shape index (κ1) is 16.3. The molecule has 3 aromatic rings. The molecule has 0 N–H and O–H groups in total. The second-order valence-corrected chi connectivity index (χ2v) is 6.14. The third-order valence-corrected chi connectivity index (χ3v) is 4.17. The highest BCUT2D eigenvalue weighted by atomic mass is 16.5. The van der Waals surface area contributed by atoms with E-state index in [9.17, 15) is 4.79 Å². The third-order valence-electron chi connectivity index (χ3n) is 4.17. The highest BCUT2D eigenvalue weighted by Crippen LogP contribution is 2.31. The van der Waals surface area contributed by atoms with Gasteiger partial charge in [0.15, 0.2) is 0 Å². The second kappa shape index (κ2) is 6.91. The van der Waals surface area contributed by atoms with Crippen LogP contribution in [0.5, 0.6) is 5.75 Å². The standard InChI is InChI=1S/C21H22O3/c1-4-10-23-18-11-14(2)12-19-20(18)15(3)17(21(22)24-19)13-16-8-6-5-7-9-16/h5-9,11-12H,4,10,13H2,1-3H3. The van der Waals surface area contributed by atoms with E-state index in [1.165, 1.54) is 0 Å². The van der Waals surface area contributed by atoms with Crippen LogP contribution < -0.4 is 10.4 Å². The molecule has 3 rings (SSSR count). The average Bonchev–Trinajstić information content (AvgIpc) is 2.57. The van der Waals surface area contributed by atoms with Crippen molar-refractivity contribution in [3.05, 3.63) is 75.1 Å². The molecule has 0 atom stereocenters. The normalized spacial score (nSPS) is 11.0. The van der Waals surface area contributed by atoms with Gasteiger partial charge in [-0.15, -0.1) is 0 Å². The zero-order chi connectivity index (χ0) is 17.1. The minimum Gasteiger partial charge on any atom is -0.493 e. The summed E-state index contributed by atoms with van der Waals surface area (Å²) in [6.07, 6.45) is 1.49. The van der Waals surface area contributed by atoms with Gasteiger partial charge in [0, 0.05) is 12.0 Å². The Morgan fingerprint density at radius 2 is 1.83 bits per heavy atom. The van der Waals surface area contributed by atoms with Gasteiger partial charge in [0.05, 0.1) is 12.0 Å². The van der Waals surface area contributed by atoms with Gasteiger partial charge in [-0.25, -0.2) is 4.79 Å². The van der Waals surface area contributed by atoms with Gasteiger partial charge in [-0.2, -0.15) is 0 Å². The first-order valence-electron chi connectivity index (χ1n) is 8.33. The van der Waals surface area contributed by atoms with E-state index in [0.717, 1.165) is 34.2 Å². The Balaban J connectivity index is 2.17. The number of benzene rings is 2. The Bertz CT molecular complexity index is 908. The zero-order valence-electron chi connectivity index (χ0n) is 14.4. The first-order valence-corrected chi connectivity index (χ1v) is 8.33. The molecule has 3 nitrogen and oxygen atoms in total. The van der Waals surface area contributed by atoms with E-state index in [2.05, 4.69) is 6.92 Å². The van der Waals surface area contributed by atoms with Crippen molar-refractivity contribution in [2.75, 3.05) is 6.61 Å². The average molecular weight is 322 g/mol. The summed E-state index contributed by atoms with van der Waals surface area (Å²) >= 11 is 0. The molecule has 24 heavy (non-hydrogen) atoms. The van der Waals surface area contributed by atoms with Gasteiger partial charge in [-0.05, 0) is 49.1 Å². The lowest BCUT2D eigenvalue weighted by molar-refractivity contribution is 0.320. The molecule has 1 aromatic heterocycles. The lowest BCUT2D eigenvalue weighted by Crippen LogP contribution is -2.11. The molecule has 0 amide bonds. The van der Waals surface area contributed by atoms with E-state index in [-0.39, 0.29) is 5.63 Å². The number of fused-ring (bicyclic) bond motifs is 1. The van der Waals surface area contributed by atoms with Crippen LogP contribution in [0.25, 0.3) is 11.0 Å². The van der Waals surface area contributed by atoms with Gasteiger partial charge in [0.25, 0.3) is 0 Å². The smallest absolute Gasteiger partial charge is 0.340 e. The molecule has 0 aliphatic rings. The quantitative estimate of drug-likeness (QED) is 0.634. The number of ether oxygens (including phenoxy) is 1. The fourth-order valence-electron chi connectivity index (χ4n) is 2.97. The second-order valence-electron chi connectivity index (χ2n) is 6.14. The summed E-state index contributed by atoms with van der Waals surface area (Å²) in [5.41, 5.74) is 4.08. The molecule has 124 valence electrons. The van der Waals surface area contributed by atoms with Crippen molar-refractivity contribution in [2.45, 2.75) is 33.6 Å². The van der Waals surface area contributed by atoms with Crippen LogP contribution in [0.3, 0.4) is 0 Å². The maximum Gasteiger partial charge on any atom is 0.340 e. The predicted molar refractivity (Wildman–Crippen MR) is 97.0 cm³/mol. The first-order chi connectivity index (χ1) is 11.6. The van der Waals surface area contributed by atoms with E-state index >= 15 is 0 Å². The number of hydrogen-bond acceptors (Lipinski definition) is 3. The van der Waals surface area contributed by atoms with Crippen molar-refractivity contribution >= 4 is 11.0 Å². The van der Waals surface area contributed by atoms with Crippen molar-refractivity contribution in [1.82, 2.24) is 0 Å². The summed E-state index contributed by atoms with van der Waals surface area (Å²) in [5, 5.41) is 0.902. The number of hydrogen-bond donors (Lipinski definition) is 0. The summed E-state index contributed by atoms with van der Waals surface area (Å²) in [7, 11) is 0. The van der Waals surface area contributed by atoms with Crippen LogP contribution in [0.2, 0.25) is 0 Å². The monoisotopic (exact) mass is 322 g/mol. The molecule has 0 fully saturated rings. The van der Waals surface area contributed by atoms with E-state index < -0.39 is 0 Å².